The molecule has 0 radical (unpaired) electrons. The molecule has 2 unspecified atom stereocenters. The van der Waals surface area contributed by atoms with E-state index in [0.29, 0.717) is 12.0 Å². The lowest BCUT2D eigenvalue weighted by Crippen LogP contribution is -2.25. The first kappa shape index (κ1) is 15.7. The van der Waals surface area contributed by atoms with E-state index in [2.05, 4.69) is 62.1 Å². The molecule has 1 aromatic heterocycles. The zero-order valence-corrected chi connectivity index (χ0v) is 13.3. The van der Waals surface area contributed by atoms with Crippen LogP contribution in [0.3, 0.4) is 0 Å². The number of nitrogens with one attached hydrogen (secondary N) is 2. The maximum absolute atomic E-state index is 4.65. The van der Waals surface area contributed by atoms with Gasteiger partial charge in [-0.05, 0) is 12.8 Å². The Morgan fingerprint density at radius 3 is 2.21 bits per heavy atom. The Hall–Kier alpha value is -1.32. The Morgan fingerprint density at radius 1 is 1.16 bits per heavy atom. The summed E-state index contributed by atoms with van der Waals surface area (Å²) >= 11 is 0. The van der Waals surface area contributed by atoms with Gasteiger partial charge in [-0.25, -0.2) is 9.97 Å². The number of hydrogen-bond donors (Lipinski definition) is 2. The van der Waals surface area contributed by atoms with Gasteiger partial charge in [-0.3, -0.25) is 0 Å². The molecule has 1 aromatic rings. The molecule has 0 saturated carbocycles. The summed E-state index contributed by atoms with van der Waals surface area (Å²) in [4.78, 5) is 9.18. The summed E-state index contributed by atoms with van der Waals surface area (Å²) in [5.74, 6) is 3.24. The number of aromatic nitrogens is 2. The van der Waals surface area contributed by atoms with Crippen LogP contribution in [0, 0.1) is 5.92 Å². The van der Waals surface area contributed by atoms with E-state index in [1.165, 1.54) is 0 Å². The standard InChI is InChI=1S/C15H28N4/c1-8-10(2)11(3)17-13-9-12(16-7)18-14(19-13)15(4,5)6/h9-11H,8H2,1-7H3,(H2,16,17,18,19). The molecule has 0 amide bonds. The summed E-state index contributed by atoms with van der Waals surface area (Å²) in [5, 5.41) is 6.59. The zero-order valence-electron chi connectivity index (χ0n) is 13.3. The van der Waals surface area contributed by atoms with E-state index in [1.54, 1.807) is 0 Å². The number of anilines is 2. The van der Waals surface area contributed by atoms with Crippen LogP contribution in [0.2, 0.25) is 0 Å². The highest BCUT2D eigenvalue weighted by atomic mass is 15.1. The quantitative estimate of drug-likeness (QED) is 0.852. The highest BCUT2D eigenvalue weighted by molar-refractivity contribution is 5.48. The third-order valence-electron chi connectivity index (χ3n) is 3.53. The van der Waals surface area contributed by atoms with Crippen molar-refractivity contribution in [1.29, 1.82) is 0 Å². The summed E-state index contributed by atoms with van der Waals surface area (Å²) in [5.41, 5.74) is -0.0527. The summed E-state index contributed by atoms with van der Waals surface area (Å²) < 4.78 is 0. The van der Waals surface area contributed by atoms with Crippen LogP contribution in [-0.2, 0) is 5.41 Å². The summed E-state index contributed by atoms with van der Waals surface area (Å²) in [6, 6.07) is 2.37. The lowest BCUT2D eigenvalue weighted by molar-refractivity contribution is 0.491. The van der Waals surface area contributed by atoms with Crippen LogP contribution in [0.4, 0.5) is 11.6 Å². The monoisotopic (exact) mass is 264 g/mol. The predicted molar refractivity (Wildman–Crippen MR) is 82.8 cm³/mol. The highest BCUT2D eigenvalue weighted by Gasteiger charge is 2.20. The molecule has 0 bridgehead atoms. The second-order valence-corrected chi connectivity index (χ2v) is 6.28. The Bertz CT molecular complexity index is 409. The minimum atomic E-state index is -0.0527. The van der Waals surface area contributed by atoms with E-state index in [9.17, 15) is 0 Å². The highest BCUT2D eigenvalue weighted by Crippen LogP contribution is 2.23. The lowest BCUT2D eigenvalue weighted by atomic mass is 9.95. The fourth-order valence-electron chi connectivity index (χ4n) is 1.71. The minimum absolute atomic E-state index is 0.0527. The number of rotatable bonds is 5. The van der Waals surface area contributed by atoms with Crippen molar-refractivity contribution in [1.82, 2.24) is 9.97 Å². The minimum Gasteiger partial charge on any atom is -0.373 e. The van der Waals surface area contributed by atoms with Crippen molar-refractivity contribution in [2.45, 2.75) is 59.4 Å². The molecular weight excluding hydrogens is 236 g/mol. The van der Waals surface area contributed by atoms with Crippen molar-refractivity contribution in [3.63, 3.8) is 0 Å². The largest absolute Gasteiger partial charge is 0.373 e. The average molecular weight is 264 g/mol. The van der Waals surface area contributed by atoms with Gasteiger partial charge < -0.3 is 10.6 Å². The first-order chi connectivity index (χ1) is 8.77. The molecule has 108 valence electrons. The average Bonchev–Trinajstić information content (AvgIpc) is 2.36. The van der Waals surface area contributed by atoms with Crippen LogP contribution in [-0.4, -0.2) is 23.1 Å². The second-order valence-electron chi connectivity index (χ2n) is 6.28. The maximum Gasteiger partial charge on any atom is 0.138 e. The van der Waals surface area contributed by atoms with Crippen molar-refractivity contribution in [2.75, 3.05) is 17.7 Å². The smallest absolute Gasteiger partial charge is 0.138 e. The fourth-order valence-corrected chi connectivity index (χ4v) is 1.71. The van der Waals surface area contributed by atoms with E-state index in [0.717, 1.165) is 23.9 Å². The Balaban J connectivity index is 3.01. The molecule has 0 aliphatic rings. The lowest BCUT2D eigenvalue weighted by Gasteiger charge is -2.23. The van der Waals surface area contributed by atoms with E-state index in [-0.39, 0.29) is 5.41 Å². The van der Waals surface area contributed by atoms with Gasteiger partial charge in [-0.2, -0.15) is 0 Å². The van der Waals surface area contributed by atoms with E-state index < -0.39 is 0 Å². The second kappa shape index (κ2) is 6.22. The molecule has 1 rings (SSSR count). The molecule has 19 heavy (non-hydrogen) atoms. The third kappa shape index (κ3) is 4.37. The first-order valence-electron chi connectivity index (χ1n) is 7.11. The van der Waals surface area contributed by atoms with Crippen LogP contribution in [0.25, 0.3) is 0 Å². The third-order valence-corrected chi connectivity index (χ3v) is 3.53. The summed E-state index contributed by atoms with van der Waals surface area (Å²) in [7, 11) is 1.89. The van der Waals surface area contributed by atoms with Crippen LogP contribution in [0.1, 0.15) is 53.8 Å². The van der Waals surface area contributed by atoms with Crippen LogP contribution in [0.5, 0.6) is 0 Å². The molecule has 4 heteroatoms. The van der Waals surface area contributed by atoms with Gasteiger partial charge in [-0.1, -0.05) is 41.0 Å². The summed E-state index contributed by atoms with van der Waals surface area (Å²) in [6.45, 7) is 13.0. The maximum atomic E-state index is 4.65. The van der Waals surface area contributed by atoms with Gasteiger partial charge in [-0.15, -0.1) is 0 Å². The predicted octanol–water partition coefficient (Wildman–Crippen LogP) is 3.66. The molecule has 0 aromatic carbocycles. The molecule has 4 nitrogen and oxygen atoms in total. The van der Waals surface area contributed by atoms with Crippen molar-refractivity contribution in [3.8, 4) is 0 Å². The van der Waals surface area contributed by atoms with Gasteiger partial charge in [0.1, 0.15) is 17.5 Å². The molecule has 0 aliphatic heterocycles. The number of hydrogen-bond acceptors (Lipinski definition) is 4. The van der Waals surface area contributed by atoms with Gasteiger partial charge in [0.2, 0.25) is 0 Å². The molecule has 2 atom stereocenters. The Morgan fingerprint density at radius 2 is 1.74 bits per heavy atom. The normalized spacial score (nSPS) is 14.9. The van der Waals surface area contributed by atoms with Crippen molar-refractivity contribution < 1.29 is 0 Å². The Labute approximate surface area is 117 Å². The SMILES string of the molecule is CCC(C)C(C)Nc1cc(NC)nc(C(C)(C)C)n1. The molecule has 0 saturated heterocycles. The molecule has 0 aliphatic carbocycles. The summed E-state index contributed by atoms with van der Waals surface area (Å²) in [6.07, 6.45) is 1.16. The van der Waals surface area contributed by atoms with Gasteiger partial charge in [0, 0.05) is 24.6 Å². The molecule has 1 heterocycles. The van der Waals surface area contributed by atoms with Crippen LogP contribution >= 0.6 is 0 Å². The van der Waals surface area contributed by atoms with Crippen LogP contribution < -0.4 is 10.6 Å². The number of nitrogens with zero attached hydrogens (tertiary/aromatic N) is 2. The molecule has 0 fully saturated rings. The van der Waals surface area contributed by atoms with Gasteiger partial charge in [0.05, 0.1) is 0 Å². The molecule has 0 spiro atoms. The van der Waals surface area contributed by atoms with Gasteiger partial charge in [0.15, 0.2) is 0 Å². The molecule has 2 N–H and O–H groups in total. The topological polar surface area (TPSA) is 49.8 Å². The first-order valence-corrected chi connectivity index (χ1v) is 7.11. The zero-order chi connectivity index (χ0) is 14.6. The van der Waals surface area contributed by atoms with Crippen LogP contribution in [0.15, 0.2) is 6.07 Å². The van der Waals surface area contributed by atoms with E-state index >= 15 is 0 Å². The van der Waals surface area contributed by atoms with Crippen molar-refractivity contribution in [2.24, 2.45) is 5.92 Å². The Kier molecular flexibility index (Phi) is 5.15. The van der Waals surface area contributed by atoms with E-state index in [1.807, 2.05) is 13.1 Å². The van der Waals surface area contributed by atoms with E-state index in [4.69, 9.17) is 0 Å². The van der Waals surface area contributed by atoms with Gasteiger partial charge >= 0.3 is 0 Å². The van der Waals surface area contributed by atoms with Crippen molar-refractivity contribution in [3.05, 3.63) is 11.9 Å². The van der Waals surface area contributed by atoms with Gasteiger partial charge in [0.25, 0.3) is 0 Å². The van der Waals surface area contributed by atoms with Crippen molar-refractivity contribution >= 4 is 11.6 Å². The fraction of sp³-hybridized carbons (Fsp3) is 0.733. The molecular formula is C15H28N4.